The Morgan fingerprint density at radius 3 is 2.92 bits per heavy atom. The summed E-state index contributed by atoms with van der Waals surface area (Å²) in [6, 6.07) is 5.83. The molecular weight excluding hydrogens is 398 g/mol. The highest BCUT2D eigenvalue weighted by molar-refractivity contribution is 9.10. The Kier molecular flexibility index (Phi) is 5.39. The van der Waals surface area contributed by atoms with Gasteiger partial charge in [0.2, 0.25) is 0 Å². The highest BCUT2D eigenvalue weighted by Gasteiger charge is 2.31. The van der Waals surface area contributed by atoms with Crippen LogP contribution >= 0.6 is 15.9 Å². The maximum absolute atomic E-state index is 12.2. The minimum atomic E-state index is -0.487. The van der Waals surface area contributed by atoms with Crippen molar-refractivity contribution in [2.45, 2.75) is 45.3 Å². The first kappa shape index (κ1) is 18.9. The maximum atomic E-state index is 12.2. The molecule has 1 aliphatic heterocycles. The first-order valence-electron chi connectivity index (χ1n) is 8.69. The molecule has 2 heterocycles. The fraction of sp³-hybridized carbons (Fsp3) is 0.474. The molecule has 26 heavy (non-hydrogen) atoms. The predicted molar refractivity (Wildman–Crippen MR) is 103 cm³/mol. The van der Waals surface area contributed by atoms with Crippen molar-refractivity contribution in [3.63, 3.8) is 0 Å². The summed E-state index contributed by atoms with van der Waals surface area (Å²) in [5, 5.41) is 9.42. The first-order valence-corrected chi connectivity index (χ1v) is 9.48. The molecule has 6 nitrogen and oxygen atoms in total. The molecule has 1 fully saturated rings. The normalized spacial score (nSPS) is 17.6. The van der Waals surface area contributed by atoms with Crippen LogP contribution in [0.5, 0.6) is 0 Å². The molecule has 1 atom stereocenters. The van der Waals surface area contributed by atoms with Crippen molar-refractivity contribution in [3.05, 3.63) is 40.3 Å². The van der Waals surface area contributed by atoms with Crippen molar-refractivity contribution >= 4 is 22.0 Å². The van der Waals surface area contributed by atoms with Crippen molar-refractivity contribution in [2.75, 3.05) is 13.1 Å². The molecule has 7 heteroatoms. The molecule has 1 aromatic carbocycles. The van der Waals surface area contributed by atoms with Gasteiger partial charge in [-0.1, -0.05) is 22.0 Å². The summed E-state index contributed by atoms with van der Waals surface area (Å²) in [7, 11) is 0. The van der Waals surface area contributed by atoms with Gasteiger partial charge in [0.05, 0.1) is 18.5 Å². The molecule has 1 aromatic heterocycles. The number of carbonyl (C=O) groups is 1. The Bertz CT molecular complexity index is 798. The number of nitrogens with one attached hydrogen (secondary N) is 1. The number of nitrogens with zero attached hydrogens (tertiary/aromatic N) is 2. The van der Waals surface area contributed by atoms with Gasteiger partial charge in [-0.2, -0.15) is 0 Å². The van der Waals surface area contributed by atoms with E-state index in [0.29, 0.717) is 13.1 Å². The van der Waals surface area contributed by atoms with E-state index in [-0.39, 0.29) is 18.6 Å². The third-order valence-electron chi connectivity index (χ3n) is 4.35. The molecule has 1 saturated heterocycles. The zero-order chi connectivity index (χ0) is 18.9. The summed E-state index contributed by atoms with van der Waals surface area (Å²) in [6.07, 6.45) is 2.39. The van der Waals surface area contributed by atoms with Gasteiger partial charge in [-0.25, -0.2) is 9.78 Å². The van der Waals surface area contributed by atoms with Crippen LogP contribution < -0.4 is 0 Å². The Labute approximate surface area is 161 Å². The van der Waals surface area contributed by atoms with Gasteiger partial charge in [-0.05, 0) is 50.5 Å². The number of hydrogen-bond donors (Lipinski definition) is 2. The second kappa shape index (κ2) is 7.40. The van der Waals surface area contributed by atoms with E-state index in [2.05, 4.69) is 25.9 Å². The Morgan fingerprint density at radius 2 is 2.23 bits per heavy atom. The highest BCUT2D eigenvalue weighted by Crippen LogP contribution is 2.29. The van der Waals surface area contributed by atoms with E-state index in [1.807, 2.05) is 39.0 Å². The molecule has 1 aliphatic rings. The number of halogens is 1. The van der Waals surface area contributed by atoms with E-state index < -0.39 is 5.60 Å². The van der Waals surface area contributed by atoms with Crippen molar-refractivity contribution < 1.29 is 14.6 Å². The number of benzene rings is 1. The fourth-order valence-electron chi connectivity index (χ4n) is 3.03. The minimum Gasteiger partial charge on any atom is -0.444 e. The quantitative estimate of drug-likeness (QED) is 0.782. The number of amides is 1. The Hall–Kier alpha value is -1.86. The second-order valence-corrected chi connectivity index (χ2v) is 8.41. The number of imidazole rings is 1. The number of H-pyrrole nitrogens is 1. The van der Waals surface area contributed by atoms with Crippen LogP contribution in [0.15, 0.2) is 28.9 Å². The van der Waals surface area contributed by atoms with Crippen LogP contribution in [0.25, 0.3) is 11.3 Å². The van der Waals surface area contributed by atoms with E-state index in [4.69, 9.17) is 4.74 Å². The van der Waals surface area contributed by atoms with Crippen LogP contribution in [0, 0.1) is 0 Å². The molecule has 3 rings (SSSR count). The number of likely N-dealkylation sites (tertiary alicyclic amines) is 1. The van der Waals surface area contributed by atoms with E-state index in [0.717, 1.165) is 33.5 Å². The number of ether oxygens (including phenoxy) is 1. The van der Waals surface area contributed by atoms with Crippen LogP contribution in [0.2, 0.25) is 0 Å². The number of hydrogen-bond acceptors (Lipinski definition) is 4. The van der Waals surface area contributed by atoms with Crippen molar-refractivity contribution in [3.8, 4) is 11.3 Å². The van der Waals surface area contributed by atoms with Gasteiger partial charge in [0.1, 0.15) is 11.4 Å². The molecule has 1 unspecified atom stereocenters. The van der Waals surface area contributed by atoms with Gasteiger partial charge < -0.3 is 19.7 Å². The van der Waals surface area contributed by atoms with Gasteiger partial charge in [-0.3, -0.25) is 0 Å². The van der Waals surface area contributed by atoms with E-state index in [1.165, 1.54) is 0 Å². The van der Waals surface area contributed by atoms with Gasteiger partial charge in [0.15, 0.2) is 0 Å². The summed E-state index contributed by atoms with van der Waals surface area (Å²) in [5.41, 5.74) is 2.21. The second-order valence-electron chi connectivity index (χ2n) is 7.56. The Balaban J connectivity index is 1.70. The zero-order valence-electron chi connectivity index (χ0n) is 15.3. The highest BCUT2D eigenvalue weighted by atomic mass is 79.9. The summed E-state index contributed by atoms with van der Waals surface area (Å²) in [6.45, 7) is 6.86. The summed E-state index contributed by atoms with van der Waals surface area (Å²) < 4.78 is 6.33. The molecule has 2 aromatic rings. The van der Waals surface area contributed by atoms with Gasteiger partial charge in [-0.15, -0.1) is 0 Å². The van der Waals surface area contributed by atoms with E-state index >= 15 is 0 Å². The molecule has 2 N–H and O–H groups in total. The van der Waals surface area contributed by atoms with Crippen LogP contribution in [0.3, 0.4) is 0 Å². The molecule has 1 amide bonds. The van der Waals surface area contributed by atoms with Crippen molar-refractivity contribution in [1.82, 2.24) is 14.9 Å². The largest absolute Gasteiger partial charge is 0.444 e. The maximum Gasteiger partial charge on any atom is 0.410 e. The third kappa shape index (κ3) is 4.27. The fourth-order valence-corrected chi connectivity index (χ4v) is 3.40. The molecule has 0 aliphatic carbocycles. The zero-order valence-corrected chi connectivity index (χ0v) is 16.8. The smallest absolute Gasteiger partial charge is 0.410 e. The van der Waals surface area contributed by atoms with Crippen LogP contribution in [0.1, 0.15) is 44.5 Å². The van der Waals surface area contributed by atoms with Gasteiger partial charge in [0, 0.05) is 23.5 Å². The monoisotopic (exact) mass is 421 g/mol. The summed E-state index contributed by atoms with van der Waals surface area (Å²) >= 11 is 3.43. The molecule has 0 bridgehead atoms. The SMILES string of the molecule is CC(C)(C)OC(=O)N1CCC(c2ncc(-c3ccc(Br)c(CO)c3)[nH]2)C1. The average Bonchev–Trinajstić information content (AvgIpc) is 3.23. The van der Waals surface area contributed by atoms with Gasteiger partial charge in [0.25, 0.3) is 0 Å². The van der Waals surface area contributed by atoms with E-state index in [1.54, 1.807) is 11.1 Å². The summed E-state index contributed by atoms with van der Waals surface area (Å²) in [4.78, 5) is 21.8. The van der Waals surface area contributed by atoms with Crippen LogP contribution in [0.4, 0.5) is 4.79 Å². The molecular formula is C19H24BrN3O3. The van der Waals surface area contributed by atoms with Crippen molar-refractivity contribution in [2.24, 2.45) is 0 Å². The number of aromatic nitrogens is 2. The standard InChI is InChI=1S/C19H24BrN3O3/c1-19(2,3)26-18(25)23-7-6-13(10-23)17-21-9-16(22-17)12-4-5-15(20)14(8-12)11-24/h4-5,8-9,13,24H,6-7,10-11H2,1-3H3,(H,21,22). The molecule has 0 radical (unpaired) electrons. The van der Waals surface area contributed by atoms with Crippen molar-refractivity contribution in [1.29, 1.82) is 0 Å². The lowest BCUT2D eigenvalue weighted by Gasteiger charge is -2.24. The molecule has 140 valence electrons. The average molecular weight is 422 g/mol. The lowest BCUT2D eigenvalue weighted by atomic mass is 10.1. The number of aromatic amines is 1. The van der Waals surface area contributed by atoms with Crippen LogP contribution in [-0.2, 0) is 11.3 Å². The lowest BCUT2D eigenvalue weighted by Crippen LogP contribution is -2.35. The molecule has 0 spiro atoms. The Morgan fingerprint density at radius 1 is 1.46 bits per heavy atom. The first-order chi connectivity index (χ1) is 12.3. The minimum absolute atomic E-state index is 0.0249. The number of carbonyl (C=O) groups excluding carboxylic acids is 1. The topological polar surface area (TPSA) is 78.4 Å². The number of aliphatic hydroxyl groups excluding tert-OH is 1. The molecule has 0 saturated carbocycles. The van der Waals surface area contributed by atoms with Crippen LogP contribution in [-0.4, -0.2) is 44.8 Å². The predicted octanol–water partition coefficient (Wildman–Crippen LogP) is 4.06. The lowest BCUT2D eigenvalue weighted by molar-refractivity contribution is 0.0292. The third-order valence-corrected chi connectivity index (χ3v) is 5.12. The number of rotatable bonds is 3. The summed E-state index contributed by atoms with van der Waals surface area (Å²) in [5.74, 6) is 1.04. The number of aliphatic hydroxyl groups is 1. The van der Waals surface area contributed by atoms with E-state index in [9.17, 15) is 9.90 Å². The van der Waals surface area contributed by atoms with Gasteiger partial charge >= 0.3 is 6.09 Å².